The molecule has 5 heteroatoms. The highest BCUT2D eigenvalue weighted by Gasteiger charge is 2.40. The van der Waals surface area contributed by atoms with Gasteiger partial charge in [-0.25, -0.2) is 5.43 Å². The van der Waals surface area contributed by atoms with Crippen molar-refractivity contribution in [2.45, 2.75) is 6.92 Å². The lowest BCUT2D eigenvalue weighted by Gasteiger charge is -2.08. The zero-order valence-corrected chi connectivity index (χ0v) is 15.8. The maximum atomic E-state index is 12.5. The van der Waals surface area contributed by atoms with Gasteiger partial charge in [-0.2, -0.15) is 5.10 Å². The maximum absolute atomic E-state index is 12.5. The average molecular weight is 382 g/mol. The van der Waals surface area contributed by atoms with Crippen molar-refractivity contribution < 1.29 is 14.4 Å². The molecule has 0 heterocycles. The summed E-state index contributed by atoms with van der Waals surface area (Å²) in [5.74, 6) is -1.95. The SMILES string of the molecule is C/C(=N/NC(=O)c1ccc(-c2ccccc2)cc1)C1C(=O)c2ccccc2C1=O. The molecule has 0 saturated heterocycles. The molecule has 0 bridgehead atoms. The first kappa shape index (κ1) is 18.5. The molecule has 29 heavy (non-hydrogen) atoms. The standard InChI is InChI=1S/C24H18N2O3/c1-15(21-22(27)19-9-5-6-10-20(19)23(21)28)25-26-24(29)18-13-11-17(12-14-18)16-7-3-2-4-8-16/h2-14,21H,1H3,(H,26,29)/b25-15-. The van der Waals surface area contributed by atoms with E-state index in [-0.39, 0.29) is 17.3 Å². The lowest BCUT2D eigenvalue weighted by molar-refractivity contribution is 0.0877. The van der Waals surface area contributed by atoms with Crippen molar-refractivity contribution in [2.24, 2.45) is 11.0 Å². The van der Waals surface area contributed by atoms with Crippen molar-refractivity contribution in [2.75, 3.05) is 0 Å². The molecule has 0 unspecified atom stereocenters. The monoisotopic (exact) mass is 382 g/mol. The van der Waals surface area contributed by atoms with Crippen LogP contribution in [0.15, 0.2) is 84.0 Å². The van der Waals surface area contributed by atoms with Crippen LogP contribution in [0.3, 0.4) is 0 Å². The van der Waals surface area contributed by atoms with Crippen LogP contribution >= 0.6 is 0 Å². The Balaban J connectivity index is 1.47. The van der Waals surface area contributed by atoms with E-state index in [1.54, 1.807) is 43.3 Å². The Morgan fingerprint density at radius 1 is 0.759 bits per heavy atom. The highest BCUT2D eigenvalue weighted by molar-refractivity contribution is 6.36. The smallest absolute Gasteiger partial charge is 0.271 e. The van der Waals surface area contributed by atoms with Gasteiger partial charge in [0.2, 0.25) is 0 Å². The fourth-order valence-corrected chi connectivity index (χ4v) is 3.44. The van der Waals surface area contributed by atoms with Crippen molar-refractivity contribution in [3.05, 3.63) is 95.6 Å². The van der Waals surface area contributed by atoms with Gasteiger partial charge in [0, 0.05) is 16.7 Å². The number of amides is 1. The predicted octanol–water partition coefficient (Wildman–Crippen LogP) is 4.15. The predicted molar refractivity (Wildman–Crippen MR) is 111 cm³/mol. The summed E-state index contributed by atoms with van der Waals surface area (Å²) < 4.78 is 0. The van der Waals surface area contributed by atoms with Crippen LogP contribution in [0.5, 0.6) is 0 Å². The van der Waals surface area contributed by atoms with Gasteiger partial charge >= 0.3 is 0 Å². The highest BCUT2D eigenvalue weighted by Crippen LogP contribution is 2.27. The molecule has 3 aromatic rings. The summed E-state index contributed by atoms with van der Waals surface area (Å²) in [6.07, 6.45) is 0. The molecule has 0 atom stereocenters. The highest BCUT2D eigenvalue weighted by atomic mass is 16.2. The van der Waals surface area contributed by atoms with Gasteiger partial charge in [-0.15, -0.1) is 0 Å². The molecule has 5 nitrogen and oxygen atoms in total. The van der Waals surface area contributed by atoms with E-state index in [1.165, 1.54) is 0 Å². The van der Waals surface area contributed by atoms with E-state index in [0.29, 0.717) is 16.7 Å². The summed E-state index contributed by atoms with van der Waals surface area (Å²) in [6.45, 7) is 1.57. The minimum atomic E-state index is -0.979. The van der Waals surface area contributed by atoms with Gasteiger partial charge < -0.3 is 0 Å². The van der Waals surface area contributed by atoms with Gasteiger partial charge in [-0.1, -0.05) is 66.7 Å². The minimum Gasteiger partial charge on any atom is -0.293 e. The largest absolute Gasteiger partial charge is 0.293 e. The van der Waals surface area contributed by atoms with Crippen molar-refractivity contribution in [3.63, 3.8) is 0 Å². The quantitative estimate of drug-likeness (QED) is 0.418. The van der Waals surface area contributed by atoms with Gasteiger partial charge in [0.15, 0.2) is 11.6 Å². The lowest BCUT2D eigenvalue weighted by Crippen LogP contribution is -2.27. The molecule has 0 fully saturated rings. The summed E-state index contributed by atoms with van der Waals surface area (Å²) >= 11 is 0. The zero-order chi connectivity index (χ0) is 20.4. The van der Waals surface area contributed by atoms with Crippen molar-refractivity contribution in [1.29, 1.82) is 0 Å². The molecule has 0 spiro atoms. The molecule has 0 aromatic heterocycles. The number of carbonyl (C=O) groups excluding carboxylic acids is 3. The van der Waals surface area contributed by atoms with E-state index in [9.17, 15) is 14.4 Å². The van der Waals surface area contributed by atoms with Crippen LogP contribution in [0.25, 0.3) is 11.1 Å². The van der Waals surface area contributed by atoms with Crippen LogP contribution in [0.4, 0.5) is 0 Å². The first-order valence-electron chi connectivity index (χ1n) is 9.24. The first-order chi connectivity index (χ1) is 14.1. The molecule has 0 radical (unpaired) electrons. The number of nitrogens with zero attached hydrogens (tertiary/aromatic N) is 1. The molecule has 1 aliphatic rings. The molecule has 1 aliphatic carbocycles. The van der Waals surface area contributed by atoms with E-state index in [2.05, 4.69) is 10.5 Å². The van der Waals surface area contributed by atoms with E-state index < -0.39 is 11.8 Å². The molecule has 1 N–H and O–H groups in total. The third-order valence-corrected chi connectivity index (χ3v) is 4.99. The molecule has 0 aliphatic heterocycles. The van der Waals surface area contributed by atoms with Crippen LogP contribution in [-0.2, 0) is 0 Å². The molecular formula is C24H18N2O3. The number of rotatable bonds is 4. The summed E-state index contributed by atoms with van der Waals surface area (Å²) in [4.78, 5) is 37.4. The van der Waals surface area contributed by atoms with Crippen LogP contribution in [0.2, 0.25) is 0 Å². The molecular weight excluding hydrogens is 364 g/mol. The number of fused-ring (bicyclic) bond motifs is 1. The number of nitrogens with one attached hydrogen (secondary N) is 1. The van der Waals surface area contributed by atoms with Gasteiger partial charge in [0.05, 0.1) is 5.71 Å². The van der Waals surface area contributed by atoms with Crippen LogP contribution in [0, 0.1) is 5.92 Å². The van der Waals surface area contributed by atoms with Crippen LogP contribution in [-0.4, -0.2) is 23.2 Å². The number of carbonyl (C=O) groups is 3. The Morgan fingerprint density at radius 3 is 1.86 bits per heavy atom. The van der Waals surface area contributed by atoms with Crippen LogP contribution < -0.4 is 5.43 Å². The normalized spacial score (nSPS) is 14.0. The number of hydrogen-bond donors (Lipinski definition) is 1. The number of hydrazone groups is 1. The van der Waals surface area contributed by atoms with Crippen molar-refractivity contribution in [1.82, 2.24) is 5.43 Å². The van der Waals surface area contributed by atoms with E-state index in [1.807, 2.05) is 42.5 Å². The van der Waals surface area contributed by atoms with E-state index >= 15 is 0 Å². The summed E-state index contributed by atoms with van der Waals surface area (Å²) in [5, 5.41) is 4.02. The van der Waals surface area contributed by atoms with Gasteiger partial charge in [0.1, 0.15) is 5.92 Å². The number of ketones is 2. The summed E-state index contributed by atoms with van der Waals surface area (Å²) in [5.41, 5.74) is 6.02. The fraction of sp³-hybridized carbons (Fsp3) is 0.0833. The number of hydrogen-bond acceptors (Lipinski definition) is 4. The Morgan fingerprint density at radius 2 is 1.28 bits per heavy atom. The second-order valence-corrected chi connectivity index (χ2v) is 6.84. The number of benzene rings is 3. The van der Waals surface area contributed by atoms with E-state index in [4.69, 9.17) is 0 Å². The second-order valence-electron chi connectivity index (χ2n) is 6.84. The average Bonchev–Trinajstić information content (AvgIpc) is 3.03. The Kier molecular flexibility index (Phi) is 4.87. The topological polar surface area (TPSA) is 75.6 Å². The van der Waals surface area contributed by atoms with Gasteiger partial charge in [-0.05, 0) is 30.2 Å². The molecule has 4 rings (SSSR count). The summed E-state index contributed by atoms with van der Waals surface area (Å²) in [7, 11) is 0. The summed E-state index contributed by atoms with van der Waals surface area (Å²) in [6, 6.07) is 23.7. The minimum absolute atomic E-state index is 0.269. The van der Waals surface area contributed by atoms with E-state index in [0.717, 1.165) is 11.1 Å². The van der Waals surface area contributed by atoms with Gasteiger partial charge in [0.25, 0.3) is 5.91 Å². The second kappa shape index (κ2) is 7.64. The molecule has 142 valence electrons. The molecule has 0 saturated carbocycles. The third kappa shape index (κ3) is 3.50. The maximum Gasteiger partial charge on any atom is 0.271 e. The van der Waals surface area contributed by atoms with Crippen LogP contribution in [0.1, 0.15) is 38.0 Å². The van der Waals surface area contributed by atoms with Gasteiger partial charge in [-0.3, -0.25) is 14.4 Å². The molecule has 1 amide bonds. The number of Topliss-reactive ketones (excluding diaryl/α,β-unsaturated/α-hetero) is 2. The van der Waals surface area contributed by atoms with Crippen molar-refractivity contribution >= 4 is 23.2 Å². The fourth-order valence-electron chi connectivity index (χ4n) is 3.44. The lowest BCUT2D eigenvalue weighted by atomic mass is 9.99. The Labute approximate surface area is 168 Å². The Hall–Kier alpha value is -3.86. The third-order valence-electron chi connectivity index (χ3n) is 4.99. The Bertz CT molecular complexity index is 1100. The van der Waals surface area contributed by atoms with Crippen molar-refractivity contribution in [3.8, 4) is 11.1 Å². The molecule has 3 aromatic carbocycles. The zero-order valence-electron chi connectivity index (χ0n) is 15.8. The first-order valence-corrected chi connectivity index (χ1v) is 9.24.